The zero-order valence-electron chi connectivity index (χ0n) is 7.15. The van der Waals surface area contributed by atoms with Crippen LogP contribution in [0.4, 0.5) is 0 Å². The summed E-state index contributed by atoms with van der Waals surface area (Å²) in [5.41, 5.74) is 3.13. The second-order valence-corrected chi connectivity index (χ2v) is 2.95. The Morgan fingerprint density at radius 2 is 1.50 bits per heavy atom. The van der Waals surface area contributed by atoms with Gasteiger partial charge in [-0.05, 0) is 29.9 Å². The molecule has 0 fully saturated rings. The third kappa shape index (κ3) is 1.31. The molecule has 10 heavy (non-hydrogen) atoms. The second-order valence-electron chi connectivity index (χ2n) is 2.95. The summed E-state index contributed by atoms with van der Waals surface area (Å²) in [7, 11) is 0. The van der Waals surface area contributed by atoms with Crippen LogP contribution in [0.1, 0.15) is 33.6 Å². The lowest BCUT2D eigenvalue weighted by atomic mass is 10.1. The number of hydrogen-bond acceptors (Lipinski definition) is 0. The van der Waals surface area contributed by atoms with E-state index >= 15 is 0 Å². The first-order valence-electron chi connectivity index (χ1n) is 4.19. The highest BCUT2D eigenvalue weighted by Gasteiger charge is 2.09. The first-order valence-corrected chi connectivity index (χ1v) is 4.19. The molecular weight excluding hydrogens is 120 g/mol. The highest BCUT2D eigenvalue weighted by molar-refractivity contribution is 5.37. The van der Waals surface area contributed by atoms with Gasteiger partial charge in [-0.2, -0.15) is 0 Å². The van der Waals surface area contributed by atoms with Gasteiger partial charge in [0, 0.05) is 0 Å². The summed E-state index contributed by atoms with van der Waals surface area (Å²) >= 11 is 0. The van der Waals surface area contributed by atoms with Crippen LogP contribution in [0.5, 0.6) is 0 Å². The predicted octanol–water partition coefficient (Wildman–Crippen LogP) is 3.31. The first kappa shape index (κ1) is 7.59. The van der Waals surface area contributed by atoms with Crippen LogP contribution in [0, 0.1) is 5.92 Å². The molecule has 0 spiro atoms. The maximum Gasteiger partial charge on any atom is -0.00701 e. The van der Waals surface area contributed by atoms with Gasteiger partial charge in [0.2, 0.25) is 0 Å². The Morgan fingerprint density at radius 3 is 1.80 bits per heavy atom. The maximum absolute atomic E-state index is 2.37. The molecule has 0 nitrogen and oxygen atoms in total. The van der Waals surface area contributed by atoms with Gasteiger partial charge in [-0.3, -0.25) is 0 Å². The molecular formula is C10H16. The fraction of sp³-hybridized carbons (Fsp3) is 0.600. The van der Waals surface area contributed by atoms with Crippen molar-refractivity contribution in [2.24, 2.45) is 5.92 Å². The third-order valence-electron chi connectivity index (χ3n) is 2.10. The van der Waals surface area contributed by atoms with Crippen LogP contribution >= 0.6 is 0 Å². The van der Waals surface area contributed by atoms with Gasteiger partial charge in [0.15, 0.2) is 0 Å². The third-order valence-corrected chi connectivity index (χ3v) is 2.10. The van der Waals surface area contributed by atoms with Crippen LogP contribution in [-0.2, 0) is 0 Å². The Balaban J connectivity index is 2.73. The van der Waals surface area contributed by atoms with E-state index in [1.807, 2.05) is 0 Å². The van der Waals surface area contributed by atoms with Crippen molar-refractivity contribution < 1.29 is 0 Å². The maximum atomic E-state index is 2.37. The molecule has 0 N–H and O–H groups in total. The quantitative estimate of drug-likeness (QED) is 0.546. The molecule has 1 rings (SSSR count). The van der Waals surface area contributed by atoms with Gasteiger partial charge < -0.3 is 0 Å². The van der Waals surface area contributed by atoms with Gasteiger partial charge in [-0.1, -0.05) is 32.9 Å². The Kier molecular flexibility index (Phi) is 2.31. The molecule has 0 saturated heterocycles. The molecule has 0 amide bonds. The summed E-state index contributed by atoms with van der Waals surface area (Å²) in [4.78, 5) is 0. The largest absolute Gasteiger partial charge is 0.0744 e. The van der Waals surface area contributed by atoms with Crippen molar-refractivity contribution >= 4 is 0 Å². The lowest BCUT2D eigenvalue weighted by Crippen LogP contribution is -1.80. The van der Waals surface area contributed by atoms with Crippen molar-refractivity contribution in [2.75, 3.05) is 0 Å². The lowest BCUT2D eigenvalue weighted by molar-refractivity contribution is 0.946. The molecule has 0 aromatic rings. The molecule has 0 bridgehead atoms. The molecule has 0 heterocycles. The summed E-state index contributed by atoms with van der Waals surface area (Å²) in [5.74, 6) is 0.685. The topological polar surface area (TPSA) is 0 Å². The molecule has 0 aliphatic heterocycles. The number of hydrogen-bond donors (Lipinski definition) is 0. The molecule has 0 aromatic carbocycles. The summed E-state index contributed by atoms with van der Waals surface area (Å²) in [6, 6.07) is 0. The van der Waals surface area contributed by atoms with Crippen molar-refractivity contribution in [3.05, 3.63) is 23.3 Å². The Labute approximate surface area is 63.6 Å². The predicted molar refractivity (Wildman–Crippen MR) is 45.9 cm³/mol. The van der Waals surface area contributed by atoms with Crippen LogP contribution < -0.4 is 0 Å². The Morgan fingerprint density at radius 1 is 1.10 bits per heavy atom. The standard InChI is InChI=1S/C10H16/c1-4-9-6-8(3)7-10(9)5-2/h6-8H,4-5H2,1-3H3. The van der Waals surface area contributed by atoms with Crippen molar-refractivity contribution in [1.82, 2.24) is 0 Å². The molecule has 0 radical (unpaired) electrons. The molecule has 56 valence electrons. The van der Waals surface area contributed by atoms with E-state index in [0.29, 0.717) is 5.92 Å². The van der Waals surface area contributed by atoms with E-state index in [4.69, 9.17) is 0 Å². The van der Waals surface area contributed by atoms with E-state index in [-0.39, 0.29) is 0 Å². The van der Waals surface area contributed by atoms with Crippen LogP contribution in [0.15, 0.2) is 23.3 Å². The molecule has 1 aliphatic carbocycles. The van der Waals surface area contributed by atoms with E-state index < -0.39 is 0 Å². The van der Waals surface area contributed by atoms with Crippen molar-refractivity contribution in [1.29, 1.82) is 0 Å². The summed E-state index contributed by atoms with van der Waals surface area (Å²) in [6.45, 7) is 6.71. The zero-order valence-corrected chi connectivity index (χ0v) is 7.15. The first-order chi connectivity index (χ1) is 4.77. The molecule has 0 aromatic heterocycles. The Hall–Kier alpha value is -0.520. The van der Waals surface area contributed by atoms with Gasteiger partial charge in [0.05, 0.1) is 0 Å². The van der Waals surface area contributed by atoms with E-state index in [0.717, 1.165) is 0 Å². The molecule has 0 atom stereocenters. The van der Waals surface area contributed by atoms with Crippen LogP contribution in [0.25, 0.3) is 0 Å². The van der Waals surface area contributed by atoms with Gasteiger partial charge in [0.25, 0.3) is 0 Å². The molecule has 0 heteroatoms. The fourth-order valence-corrected chi connectivity index (χ4v) is 1.59. The van der Waals surface area contributed by atoms with Crippen LogP contribution in [0.3, 0.4) is 0 Å². The number of rotatable bonds is 2. The minimum atomic E-state index is 0.685. The minimum absolute atomic E-state index is 0.685. The summed E-state index contributed by atoms with van der Waals surface area (Å²) in [5, 5.41) is 0. The van der Waals surface area contributed by atoms with E-state index in [2.05, 4.69) is 32.9 Å². The average molecular weight is 136 g/mol. The van der Waals surface area contributed by atoms with Crippen LogP contribution in [-0.4, -0.2) is 0 Å². The molecule has 0 unspecified atom stereocenters. The van der Waals surface area contributed by atoms with Gasteiger partial charge in [-0.15, -0.1) is 0 Å². The van der Waals surface area contributed by atoms with E-state index in [1.165, 1.54) is 12.8 Å². The summed E-state index contributed by atoms with van der Waals surface area (Å²) < 4.78 is 0. The van der Waals surface area contributed by atoms with E-state index in [1.54, 1.807) is 11.1 Å². The van der Waals surface area contributed by atoms with Gasteiger partial charge in [-0.25, -0.2) is 0 Å². The smallest absolute Gasteiger partial charge is 0.00701 e. The SMILES string of the molecule is CCC1=CC(C)C=C1CC. The average Bonchev–Trinajstić information content (AvgIpc) is 2.30. The van der Waals surface area contributed by atoms with Gasteiger partial charge in [0.1, 0.15) is 0 Å². The van der Waals surface area contributed by atoms with Crippen molar-refractivity contribution in [3.8, 4) is 0 Å². The Bertz CT molecular complexity index is 152. The zero-order chi connectivity index (χ0) is 7.56. The normalized spacial score (nSPS) is 19.1. The monoisotopic (exact) mass is 136 g/mol. The summed E-state index contributed by atoms with van der Waals surface area (Å²) in [6.07, 6.45) is 7.14. The highest BCUT2D eigenvalue weighted by Crippen LogP contribution is 2.27. The van der Waals surface area contributed by atoms with Crippen LogP contribution in [0.2, 0.25) is 0 Å². The highest BCUT2D eigenvalue weighted by atomic mass is 14.2. The van der Waals surface area contributed by atoms with Gasteiger partial charge >= 0.3 is 0 Å². The number of allylic oxidation sites excluding steroid dienone is 4. The van der Waals surface area contributed by atoms with E-state index in [9.17, 15) is 0 Å². The minimum Gasteiger partial charge on any atom is -0.0744 e. The van der Waals surface area contributed by atoms with Crippen molar-refractivity contribution in [3.63, 3.8) is 0 Å². The molecule has 1 aliphatic rings. The molecule has 0 saturated carbocycles. The fourth-order valence-electron chi connectivity index (χ4n) is 1.59. The lowest BCUT2D eigenvalue weighted by Gasteiger charge is -2.00. The second kappa shape index (κ2) is 3.05. The van der Waals surface area contributed by atoms with Crippen molar-refractivity contribution in [2.45, 2.75) is 33.6 Å².